The van der Waals surface area contributed by atoms with Gasteiger partial charge in [-0.1, -0.05) is 30.3 Å². The van der Waals surface area contributed by atoms with Gasteiger partial charge in [0.25, 0.3) is 5.91 Å². The first-order valence-corrected chi connectivity index (χ1v) is 10.5. The summed E-state index contributed by atoms with van der Waals surface area (Å²) < 4.78 is 16.0. The number of carbonyl (C=O) groups excluding carboxylic acids is 2. The highest BCUT2D eigenvalue weighted by molar-refractivity contribution is 6.04. The first-order valence-electron chi connectivity index (χ1n) is 10.5. The van der Waals surface area contributed by atoms with Crippen molar-refractivity contribution < 1.29 is 23.8 Å². The van der Waals surface area contributed by atoms with Gasteiger partial charge in [-0.3, -0.25) is 9.59 Å². The highest BCUT2D eigenvalue weighted by atomic mass is 16.5. The molecule has 0 spiro atoms. The van der Waals surface area contributed by atoms with Crippen LogP contribution in [-0.2, 0) is 4.79 Å². The standard InChI is InChI=1S/C26H26N2O5/c1-28-24(16-9-11-17(31-2)12-10-16)23(19-7-5-6-8-20(19)26(28)30)25(29)27-21-14-13-18(32-3)15-22(21)33-4/h5-15,23-24H,1-4H3,(H,27,29)/t23-,24+/m1/s1. The molecule has 4 rings (SSSR count). The van der Waals surface area contributed by atoms with Gasteiger partial charge >= 0.3 is 0 Å². The van der Waals surface area contributed by atoms with E-state index >= 15 is 0 Å². The lowest BCUT2D eigenvalue weighted by atomic mass is 9.79. The Bertz CT molecular complexity index is 1180. The molecule has 2 amide bonds. The van der Waals surface area contributed by atoms with E-state index in [1.165, 1.54) is 7.11 Å². The summed E-state index contributed by atoms with van der Waals surface area (Å²) in [5.41, 5.74) is 2.56. The molecule has 33 heavy (non-hydrogen) atoms. The van der Waals surface area contributed by atoms with Crippen molar-refractivity contribution in [1.29, 1.82) is 0 Å². The smallest absolute Gasteiger partial charge is 0.254 e. The topological polar surface area (TPSA) is 77.1 Å². The predicted molar refractivity (Wildman–Crippen MR) is 125 cm³/mol. The molecule has 0 fully saturated rings. The van der Waals surface area contributed by atoms with Gasteiger partial charge in [-0.25, -0.2) is 0 Å². The van der Waals surface area contributed by atoms with Crippen molar-refractivity contribution in [2.75, 3.05) is 33.7 Å². The van der Waals surface area contributed by atoms with Gasteiger partial charge in [-0.15, -0.1) is 0 Å². The fraction of sp³-hybridized carbons (Fsp3) is 0.231. The Morgan fingerprint density at radius 1 is 0.879 bits per heavy atom. The highest BCUT2D eigenvalue weighted by Crippen LogP contribution is 2.43. The van der Waals surface area contributed by atoms with E-state index in [1.807, 2.05) is 36.4 Å². The molecule has 0 unspecified atom stereocenters. The Balaban J connectivity index is 1.78. The lowest BCUT2D eigenvalue weighted by Gasteiger charge is -2.39. The maximum Gasteiger partial charge on any atom is 0.254 e. The lowest BCUT2D eigenvalue weighted by molar-refractivity contribution is -0.119. The van der Waals surface area contributed by atoms with Crippen LogP contribution in [0.2, 0.25) is 0 Å². The number of hydrogen-bond acceptors (Lipinski definition) is 5. The zero-order valence-corrected chi connectivity index (χ0v) is 19.0. The van der Waals surface area contributed by atoms with Crippen LogP contribution in [-0.4, -0.2) is 45.1 Å². The SMILES string of the molecule is COc1ccc([C@H]2[C@H](C(=O)Nc3ccc(OC)cc3OC)c3ccccc3C(=O)N2C)cc1. The minimum absolute atomic E-state index is 0.127. The molecule has 2 atom stereocenters. The van der Waals surface area contributed by atoms with Gasteiger partial charge in [0, 0.05) is 18.7 Å². The Labute approximate surface area is 192 Å². The molecule has 1 aliphatic rings. The van der Waals surface area contributed by atoms with Crippen molar-refractivity contribution >= 4 is 17.5 Å². The second kappa shape index (κ2) is 9.24. The van der Waals surface area contributed by atoms with Crippen LogP contribution in [0.1, 0.15) is 33.4 Å². The Morgan fingerprint density at radius 2 is 1.55 bits per heavy atom. The molecular weight excluding hydrogens is 420 g/mol. The Hall–Kier alpha value is -4.00. The van der Waals surface area contributed by atoms with E-state index in [9.17, 15) is 9.59 Å². The van der Waals surface area contributed by atoms with E-state index in [2.05, 4.69) is 5.32 Å². The first kappa shape index (κ1) is 22.2. The van der Waals surface area contributed by atoms with Crippen molar-refractivity contribution in [3.63, 3.8) is 0 Å². The van der Waals surface area contributed by atoms with E-state index < -0.39 is 12.0 Å². The van der Waals surface area contributed by atoms with Gasteiger partial charge in [0.1, 0.15) is 17.2 Å². The van der Waals surface area contributed by atoms with Gasteiger partial charge in [0.15, 0.2) is 0 Å². The fourth-order valence-corrected chi connectivity index (χ4v) is 4.29. The number of carbonyl (C=O) groups is 2. The summed E-state index contributed by atoms with van der Waals surface area (Å²) in [4.78, 5) is 28.5. The van der Waals surface area contributed by atoms with Crippen LogP contribution in [0.25, 0.3) is 0 Å². The van der Waals surface area contributed by atoms with Crippen LogP contribution in [0.3, 0.4) is 0 Å². The number of nitrogens with zero attached hydrogens (tertiary/aromatic N) is 1. The number of hydrogen-bond donors (Lipinski definition) is 1. The fourth-order valence-electron chi connectivity index (χ4n) is 4.29. The average Bonchev–Trinajstić information content (AvgIpc) is 2.86. The number of amides is 2. The molecule has 170 valence electrons. The van der Waals surface area contributed by atoms with Gasteiger partial charge in [0.2, 0.25) is 5.91 Å². The van der Waals surface area contributed by atoms with Crippen molar-refractivity contribution in [2.45, 2.75) is 12.0 Å². The molecule has 0 radical (unpaired) electrons. The second-order valence-corrected chi connectivity index (χ2v) is 7.75. The van der Waals surface area contributed by atoms with E-state index in [0.29, 0.717) is 34.1 Å². The molecule has 1 aliphatic heterocycles. The predicted octanol–water partition coefficient (Wildman–Crippen LogP) is 4.26. The quantitative estimate of drug-likeness (QED) is 0.612. The summed E-state index contributed by atoms with van der Waals surface area (Å²) in [6.07, 6.45) is 0. The van der Waals surface area contributed by atoms with Gasteiger partial charge in [-0.05, 0) is 41.5 Å². The maximum absolute atomic E-state index is 13.8. The number of nitrogens with one attached hydrogen (secondary N) is 1. The third kappa shape index (κ3) is 4.09. The van der Waals surface area contributed by atoms with Crippen LogP contribution in [0.5, 0.6) is 17.2 Å². The van der Waals surface area contributed by atoms with Crippen molar-refractivity contribution in [1.82, 2.24) is 4.90 Å². The summed E-state index contributed by atoms with van der Waals surface area (Å²) in [7, 11) is 6.42. The second-order valence-electron chi connectivity index (χ2n) is 7.75. The third-order valence-corrected chi connectivity index (χ3v) is 5.99. The minimum atomic E-state index is -0.635. The molecule has 7 nitrogen and oxygen atoms in total. The molecule has 0 aliphatic carbocycles. The average molecular weight is 447 g/mol. The minimum Gasteiger partial charge on any atom is -0.497 e. The van der Waals surface area contributed by atoms with Crippen LogP contribution < -0.4 is 19.5 Å². The van der Waals surface area contributed by atoms with E-state index in [-0.39, 0.29) is 11.8 Å². The zero-order chi connectivity index (χ0) is 23.5. The normalized spacial score (nSPS) is 17.2. The molecule has 0 saturated heterocycles. The van der Waals surface area contributed by atoms with Gasteiger partial charge in [0.05, 0.1) is 39.0 Å². The van der Waals surface area contributed by atoms with Crippen LogP contribution in [0.4, 0.5) is 5.69 Å². The molecule has 0 bridgehead atoms. The van der Waals surface area contributed by atoms with Crippen molar-refractivity contribution in [3.05, 3.63) is 83.4 Å². The van der Waals surface area contributed by atoms with Crippen LogP contribution in [0, 0.1) is 0 Å². The first-order chi connectivity index (χ1) is 16.0. The largest absolute Gasteiger partial charge is 0.497 e. The van der Waals surface area contributed by atoms with Crippen molar-refractivity contribution in [2.24, 2.45) is 0 Å². The molecule has 3 aromatic carbocycles. The van der Waals surface area contributed by atoms with E-state index in [0.717, 1.165) is 5.56 Å². The summed E-state index contributed by atoms with van der Waals surface area (Å²) in [6, 6.07) is 19.4. The van der Waals surface area contributed by atoms with Crippen molar-refractivity contribution in [3.8, 4) is 17.2 Å². The highest BCUT2D eigenvalue weighted by Gasteiger charge is 2.42. The summed E-state index contributed by atoms with van der Waals surface area (Å²) in [5, 5.41) is 3.00. The molecule has 1 heterocycles. The molecule has 0 saturated carbocycles. The maximum atomic E-state index is 13.8. The van der Waals surface area contributed by atoms with Crippen LogP contribution >= 0.6 is 0 Å². The molecule has 3 aromatic rings. The van der Waals surface area contributed by atoms with Gasteiger partial charge in [-0.2, -0.15) is 0 Å². The van der Waals surface area contributed by atoms with Gasteiger partial charge < -0.3 is 24.4 Å². The van der Waals surface area contributed by atoms with E-state index in [4.69, 9.17) is 14.2 Å². The zero-order valence-electron chi connectivity index (χ0n) is 19.0. The van der Waals surface area contributed by atoms with E-state index in [1.54, 1.807) is 56.5 Å². The molecule has 0 aromatic heterocycles. The number of likely N-dealkylation sites (N-methyl/N-ethyl adjacent to an activating group) is 1. The third-order valence-electron chi connectivity index (χ3n) is 5.99. The number of rotatable bonds is 6. The molecular formula is C26H26N2O5. The summed E-state index contributed by atoms with van der Waals surface area (Å²) >= 11 is 0. The molecule has 1 N–H and O–H groups in total. The van der Waals surface area contributed by atoms with Crippen LogP contribution in [0.15, 0.2) is 66.7 Å². The molecule has 7 heteroatoms. The number of anilines is 1. The lowest BCUT2D eigenvalue weighted by Crippen LogP contribution is -2.44. The number of fused-ring (bicyclic) bond motifs is 1. The monoisotopic (exact) mass is 446 g/mol. The summed E-state index contributed by atoms with van der Waals surface area (Å²) in [5.74, 6) is 0.798. The number of ether oxygens (including phenoxy) is 3. The Morgan fingerprint density at radius 3 is 2.21 bits per heavy atom. The Kier molecular flexibility index (Phi) is 6.22. The summed E-state index contributed by atoms with van der Waals surface area (Å²) in [6.45, 7) is 0. The number of methoxy groups -OCH3 is 3. The number of benzene rings is 3.